The van der Waals surface area contributed by atoms with Crippen LogP contribution in [0.25, 0.3) is 5.76 Å². The largest absolute Gasteiger partial charge is 0.507 e. The third kappa shape index (κ3) is 3.68. The van der Waals surface area contributed by atoms with E-state index in [4.69, 9.17) is 14.2 Å². The van der Waals surface area contributed by atoms with Crippen LogP contribution < -0.4 is 14.2 Å². The number of ketones is 1. The van der Waals surface area contributed by atoms with Crippen molar-refractivity contribution in [1.29, 1.82) is 0 Å². The van der Waals surface area contributed by atoms with Gasteiger partial charge in [-0.2, -0.15) is 0 Å². The summed E-state index contributed by atoms with van der Waals surface area (Å²) in [4.78, 5) is 28.0. The van der Waals surface area contributed by atoms with E-state index in [1.54, 1.807) is 61.6 Å². The summed E-state index contributed by atoms with van der Waals surface area (Å²) in [5, 5.41) is 11.2. The summed E-state index contributed by atoms with van der Waals surface area (Å²) < 4.78 is 16.0. The van der Waals surface area contributed by atoms with Crippen LogP contribution in [0.4, 0.5) is 0 Å². The number of aliphatic hydroxyl groups is 1. The monoisotopic (exact) mass is 437 g/mol. The van der Waals surface area contributed by atoms with E-state index >= 15 is 0 Å². The number of benzene rings is 2. The van der Waals surface area contributed by atoms with E-state index in [-0.39, 0.29) is 17.4 Å². The van der Waals surface area contributed by atoms with E-state index in [0.717, 1.165) is 25.7 Å². The third-order valence-corrected chi connectivity index (χ3v) is 6.28. The Balaban J connectivity index is 1.88. The van der Waals surface area contributed by atoms with E-state index in [2.05, 4.69) is 0 Å². The maximum absolute atomic E-state index is 13.2. The van der Waals surface area contributed by atoms with Crippen molar-refractivity contribution < 1.29 is 28.9 Å². The second-order valence-electron chi connectivity index (χ2n) is 7.99. The topological polar surface area (TPSA) is 85.3 Å². The van der Waals surface area contributed by atoms with Crippen LogP contribution in [0, 0.1) is 0 Å². The van der Waals surface area contributed by atoms with E-state index in [1.807, 2.05) is 0 Å². The minimum absolute atomic E-state index is 0.0503. The van der Waals surface area contributed by atoms with Gasteiger partial charge in [-0.3, -0.25) is 9.59 Å². The van der Waals surface area contributed by atoms with Gasteiger partial charge in [0.15, 0.2) is 11.5 Å². The number of carbonyl (C=O) groups is 2. The van der Waals surface area contributed by atoms with Crippen LogP contribution in [0.1, 0.15) is 42.9 Å². The molecular formula is C25H27NO6. The van der Waals surface area contributed by atoms with Gasteiger partial charge in [-0.15, -0.1) is 0 Å². The maximum atomic E-state index is 13.2. The summed E-state index contributed by atoms with van der Waals surface area (Å²) in [6.07, 6.45) is 3.67. The first kappa shape index (κ1) is 21.7. The number of methoxy groups -OCH3 is 3. The van der Waals surface area contributed by atoms with Crippen LogP contribution in [0.3, 0.4) is 0 Å². The third-order valence-electron chi connectivity index (χ3n) is 6.28. The number of hydrogen-bond acceptors (Lipinski definition) is 6. The van der Waals surface area contributed by atoms with Crippen molar-refractivity contribution in [2.45, 2.75) is 37.8 Å². The lowest BCUT2D eigenvalue weighted by Gasteiger charge is -2.31. The van der Waals surface area contributed by atoms with Crippen LogP contribution in [-0.4, -0.2) is 49.1 Å². The van der Waals surface area contributed by atoms with Gasteiger partial charge >= 0.3 is 0 Å². The zero-order valence-electron chi connectivity index (χ0n) is 18.5. The first-order valence-electron chi connectivity index (χ1n) is 10.7. The maximum Gasteiger partial charge on any atom is 0.295 e. The second-order valence-corrected chi connectivity index (χ2v) is 7.99. The van der Waals surface area contributed by atoms with E-state index in [1.165, 1.54) is 7.11 Å². The fourth-order valence-corrected chi connectivity index (χ4v) is 4.66. The molecule has 7 nitrogen and oxygen atoms in total. The molecule has 1 saturated carbocycles. The molecule has 1 atom stereocenters. The Morgan fingerprint density at radius 3 is 2.16 bits per heavy atom. The number of Topliss-reactive ketones (excluding diaryl/α,β-unsaturated/α-hetero) is 1. The summed E-state index contributed by atoms with van der Waals surface area (Å²) in [6.45, 7) is 0. The van der Waals surface area contributed by atoms with Gasteiger partial charge in [0.25, 0.3) is 11.7 Å². The molecule has 1 heterocycles. The number of rotatable bonds is 6. The van der Waals surface area contributed by atoms with Crippen molar-refractivity contribution in [3.63, 3.8) is 0 Å². The predicted molar refractivity (Wildman–Crippen MR) is 119 cm³/mol. The van der Waals surface area contributed by atoms with Crippen molar-refractivity contribution in [2.75, 3.05) is 21.3 Å². The normalized spacial score (nSPS) is 20.6. The molecule has 1 saturated heterocycles. The van der Waals surface area contributed by atoms with Crippen LogP contribution in [-0.2, 0) is 9.59 Å². The van der Waals surface area contributed by atoms with Crippen LogP contribution in [0.2, 0.25) is 0 Å². The van der Waals surface area contributed by atoms with Gasteiger partial charge in [0, 0.05) is 11.6 Å². The standard InChI is InChI=1S/C25H27NO6/c1-30-18-11-8-15(9-12-18)23(27)21-22(16-10-13-19(31-2)20(14-16)32-3)26(25(29)24(21)28)17-6-4-5-7-17/h8-14,17,22,27H,4-7H2,1-3H3/b23-21-. The van der Waals surface area contributed by atoms with E-state index in [9.17, 15) is 14.7 Å². The summed E-state index contributed by atoms with van der Waals surface area (Å²) >= 11 is 0. The molecule has 168 valence electrons. The molecule has 0 spiro atoms. The van der Waals surface area contributed by atoms with Gasteiger partial charge in [0.05, 0.1) is 32.9 Å². The van der Waals surface area contributed by atoms with Crippen LogP contribution in [0.5, 0.6) is 17.2 Å². The van der Waals surface area contributed by atoms with Gasteiger partial charge in [-0.1, -0.05) is 18.9 Å². The molecule has 2 fully saturated rings. The zero-order valence-corrected chi connectivity index (χ0v) is 18.5. The predicted octanol–water partition coefficient (Wildman–Crippen LogP) is 4.08. The molecule has 0 bridgehead atoms. The highest BCUT2D eigenvalue weighted by molar-refractivity contribution is 6.46. The van der Waals surface area contributed by atoms with Crippen LogP contribution >= 0.6 is 0 Å². The van der Waals surface area contributed by atoms with Crippen molar-refractivity contribution in [2.24, 2.45) is 0 Å². The summed E-state index contributed by atoms with van der Waals surface area (Å²) in [6, 6.07) is 11.3. The Morgan fingerprint density at radius 2 is 1.56 bits per heavy atom. The number of nitrogens with zero attached hydrogens (tertiary/aromatic N) is 1. The molecule has 0 radical (unpaired) electrons. The summed E-state index contributed by atoms with van der Waals surface area (Å²) in [7, 11) is 4.64. The van der Waals surface area contributed by atoms with E-state index < -0.39 is 17.7 Å². The van der Waals surface area contributed by atoms with Crippen molar-refractivity contribution >= 4 is 17.4 Å². The van der Waals surface area contributed by atoms with Gasteiger partial charge in [0.2, 0.25) is 0 Å². The number of amides is 1. The van der Waals surface area contributed by atoms with Crippen molar-refractivity contribution in [1.82, 2.24) is 4.90 Å². The quantitative estimate of drug-likeness (QED) is 0.417. The molecule has 4 rings (SSSR count). The highest BCUT2D eigenvalue weighted by Crippen LogP contribution is 2.45. The Hall–Kier alpha value is -3.48. The first-order valence-corrected chi connectivity index (χ1v) is 10.7. The molecule has 1 aliphatic heterocycles. The molecule has 2 aromatic rings. The minimum Gasteiger partial charge on any atom is -0.507 e. The lowest BCUT2D eigenvalue weighted by Crippen LogP contribution is -2.37. The lowest BCUT2D eigenvalue weighted by molar-refractivity contribution is -0.141. The number of hydrogen-bond donors (Lipinski definition) is 1. The number of aliphatic hydroxyl groups excluding tert-OH is 1. The number of carbonyl (C=O) groups excluding carboxylic acids is 2. The molecule has 2 aliphatic rings. The Bertz CT molecular complexity index is 1050. The number of likely N-dealkylation sites (tertiary alicyclic amines) is 1. The van der Waals surface area contributed by atoms with Gasteiger partial charge in [-0.05, 0) is 54.8 Å². The zero-order chi connectivity index (χ0) is 22.8. The lowest BCUT2D eigenvalue weighted by atomic mass is 9.94. The second kappa shape index (κ2) is 8.94. The molecule has 32 heavy (non-hydrogen) atoms. The van der Waals surface area contributed by atoms with Gasteiger partial charge in [-0.25, -0.2) is 0 Å². The molecule has 1 N–H and O–H groups in total. The molecular weight excluding hydrogens is 410 g/mol. The summed E-state index contributed by atoms with van der Waals surface area (Å²) in [5.41, 5.74) is 1.21. The Kier molecular flexibility index (Phi) is 6.08. The first-order chi connectivity index (χ1) is 15.5. The Labute approximate surface area is 187 Å². The van der Waals surface area contributed by atoms with Gasteiger partial charge in [0.1, 0.15) is 11.5 Å². The Morgan fingerprint density at radius 1 is 0.906 bits per heavy atom. The molecule has 1 amide bonds. The molecule has 1 aliphatic carbocycles. The van der Waals surface area contributed by atoms with Crippen LogP contribution in [0.15, 0.2) is 48.0 Å². The fourth-order valence-electron chi connectivity index (χ4n) is 4.66. The van der Waals surface area contributed by atoms with Crippen molar-refractivity contribution in [3.05, 3.63) is 59.2 Å². The van der Waals surface area contributed by atoms with Gasteiger partial charge < -0.3 is 24.2 Å². The highest BCUT2D eigenvalue weighted by Gasteiger charge is 2.49. The summed E-state index contributed by atoms with van der Waals surface area (Å²) in [5.74, 6) is 0.211. The fraction of sp³-hybridized carbons (Fsp3) is 0.360. The average Bonchev–Trinajstić information content (AvgIpc) is 3.45. The molecule has 2 aromatic carbocycles. The average molecular weight is 437 g/mol. The molecule has 7 heteroatoms. The van der Waals surface area contributed by atoms with E-state index in [0.29, 0.717) is 28.4 Å². The smallest absolute Gasteiger partial charge is 0.295 e. The van der Waals surface area contributed by atoms with Crippen molar-refractivity contribution in [3.8, 4) is 17.2 Å². The number of ether oxygens (including phenoxy) is 3. The molecule has 0 aromatic heterocycles. The SMILES string of the molecule is COc1ccc(/C(O)=C2/C(=O)C(=O)N(C3CCCC3)C2c2ccc(OC)c(OC)c2)cc1. The highest BCUT2D eigenvalue weighted by atomic mass is 16.5. The minimum atomic E-state index is -0.708. The molecule has 1 unspecified atom stereocenters.